The van der Waals surface area contributed by atoms with Gasteiger partial charge >= 0.3 is 5.97 Å². The van der Waals surface area contributed by atoms with E-state index in [9.17, 15) is 4.79 Å². The average Bonchev–Trinajstić information content (AvgIpc) is 2.90. The summed E-state index contributed by atoms with van der Waals surface area (Å²) in [4.78, 5) is 12.8. The molecule has 1 aromatic heterocycles. The first kappa shape index (κ1) is 13.6. The van der Waals surface area contributed by atoms with E-state index in [1.807, 2.05) is 41.8 Å². The van der Waals surface area contributed by atoms with E-state index >= 15 is 0 Å². The summed E-state index contributed by atoms with van der Waals surface area (Å²) < 4.78 is 5.20. The molecule has 1 aromatic carbocycles. The molecule has 3 nitrogen and oxygen atoms in total. The van der Waals surface area contributed by atoms with Crippen LogP contribution >= 0.6 is 11.3 Å². The van der Waals surface area contributed by atoms with Gasteiger partial charge in [-0.1, -0.05) is 18.2 Å². The van der Waals surface area contributed by atoms with Crippen molar-refractivity contribution >= 4 is 23.0 Å². The molecular weight excluding hydrogens is 258 g/mol. The maximum atomic E-state index is 11.6. The molecule has 2 rings (SSSR count). The van der Waals surface area contributed by atoms with Crippen LogP contribution in [-0.2, 0) is 22.4 Å². The van der Waals surface area contributed by atoms with E-state index in [0.29, 0.717) is 19.4 Å². The molecule has 0 unspecified atom stereocenters. The monoisotopic (exact) mass is 275 g/mol. The lowest BCUT2D eigenvalue weighted by Gasteiger charge is -2.04. The number of ether oxygens (including phenoxy) is 1. The van der Waals surface area contributed by atoms with Crippen molar-refractivity contribution in [3.8, 4) is 0 Å². The maximum absolute atomic E-state index is 11.6. The molecule has 100 valence electrons. The van der Waals surface area contributed by atoms with Gasteiger partial charge in [-0.15, -0.1) is 11.3 Å². The van der Waals surface area contributed by atoms with Crippen LogP contribution in [0.25, 0.3) is 0 Å². The fourth-order valence-corrected chi connectivity index (χ4v) is 2.48. The number of esters is 1. The summed E-state index contributed by atoms with van der Waals surface area (Å²) in [6, 6.07) is 11.6. The Morgan fingerprint density at radius 1 is 1.21 bits per heavy atom. The van der Waals surface area contributed by atoms with Crippen LogP contribution in [0.2, 0.25) is 0 Å². The minimum absolute atomic E-state index is 0.154. The molecule has 0 amide bonds. The van der Waals surface area contributed by atoms with Gasteiger partial charge in [-0.2, -0.15) is 0 Å². The van der Waals surface area contributed by atoms with Crippen molar-refractivity contribution in [1.82, 2.24) is 0 Å². The van der Waals surface area contributed by atoms with Crippen LogP contribution in [0.15, 0.2) is 41.8 Å². The zero-order valence-corrected chi connectivity index (χ0v) is 11.5. The van der Waals surface area contributed by atoms with E-state index in [2.05, 4.69) is 0 Å². The standard InChI is InChI=1S/C15H17NO2S/c16-13-4-1-3-12(11-13)6-7-15(17)18-9-8-14-5-2-10-19-14/h1-5,10-11H,6-9,16H2. The summed E-state index contributed by atoms with van der Waals surface area (Å²) in [5.74, 6) is -0.154. The van der Waals surface area contributed by atoms with E-state index in [1.165, 1.54) is 4.88 Å². The summed E-state index contributed by atoms with van der Waals surface area (Å²) >= 11 is 1.68. The number of hydrogen-bond acceptors (Lipinski definition) is 4. The van der Waals surface area contributed by atoms with Crippen LogP contribution in [0, 0.1) is 0 Å². The van der Waals surface area contributed by atoms with Crippen molar-refractivity contribution in [3.05, 3.63) is 52.2 Å². The molecule has 2 aromatic rings. The van der Waals surface area contributed by atoms with E-state index < -0.39 is 0 Å². The van der Waals surface area contributed by atoms with Crippen molar-refractivity contribution < 1.29 is 9.53 Å². The third kappa shape index (κ3) is 4.75. The Balaban J connectivity index is 1.67. The summed E-state index contributed by atoms with van der Waals surface area (Å²) in [5.41, 5.74) is 7.47. The topological polar surface area (TPSA) is 52.3 Å². The van der Waals surface area contributed by atoms with Gasteiger partial charge in [0.25, 0.3) is 0 Å². The number of hydrogen-bond donors (Lipinski definition) is 1. The minimum Gasteiger partial charge on any atom is -0.465 e. The third-order valence-corrected chi connectivity index (χ3v) is 3.70. The van der Waals surface area contributed by atoms with Gasteiger partial charge in [-0.05, 0) is 35.6 Å². The van der Waals surface area contributed by atoms with Gasteiger partial charge in [0, 0.05) is 23.4 Å². The summed E-state index contributed by atoms with van der Waals surface area (Å²) in [6.45, 7) is 0.455. The van der Waals surface area contributed by atoms with Crippen LogP contribution in [-0.4, -0.2) is 12.6 Å². The van der Waals surface area contributed by atoms with Gasteiger partial charge in [0.15, 0.2) is 0 Å². The highest BCUT2D eigenvalue weighted by Crippen LogP contribution is 2.11. The van der Waals surface area contributed by atoms with E-state index in [0.717, 1.165) is 17.7 Å². The molecular formula is C15H17NO2S. The molecule has 0 atom stereocenters. The third-order valence-electron chi connectivity index (χ3n) is 2.76. The number of thiophene rings is 1. The van der Waals surface area contributed by atoms with Gasteiger partial charge in [0.2, 0.25) is 0 Å². The second kappa shape index (κ2) is 6.95. The molecule has 0 aliphatic rings. The zero-order valence-electron chi connectivity index (χ0n) is 10.7. The van der Waals surface area contributed by atoms with Crippen molar-refractivity contribution in [2.24, 2.45) is 0 Å². The highest BCUT2D eigenvalue weighted by Gasteiger charge is 2.04. The number of rotatable bonds is 6. The molecule has 0 radical (unpaired) electrons. The normalized spacial score (nSPS) is 10.3. The van der Waals surface area contributed by atoms with Gasteiger partial charge in [0.05, 0.1) is 6.61 Å². The quantitative estimate of drug-likeness (QED) is 0.651. The van der Waals surface area contributed by atoms with Crippen molar-refractivity contribution in [2.45, 2.75) is 19.3 Å². The second-order valence-electron chi connectivity index (χ2n) is 4.29. The zero-order chi connectivity index (χ0) is 13.5. The predicted octanol–water partition coefficient (Wildman–Crippen LogP) is 3.05. The Morgan fingerprint density at radius 2 is 2.11 bits per heavy atom. The molecule has 0 spiro atoms. The average molecular weight is 275 g/mol. The lowest BCUT2D eigenvalue weighted by atomic mass is 10.1. The minimum atomic E-state index is -0.154. The molecule has 0 aliphatic carbocycles. The molecule has 0 fully saturated rings. The highest BCUT2D eigenvalue weighted by molar-refractivity contribution is 7.09. The van der Waals surface area contributed by atoms with Gasteiger partial charge in [-0.25, -0.2) is 0 Å². The molecule has 0 aliphatic heterocycles. The maximum Gasteiger partial charge on any atom is 0.306 e. The SMILES string of the molecule is Nc1cccc(CCC(=O)OCCc2cccs2)c1. The van der Waals surface area contributed by atoms with Crippen LogP contribution < -0.4 is 5.73 Å². The summed E-state index contributed by atoms with van der Waals surface area (Å²) in [7, 11) is 0. The van der Waals surface area contributed by atoms with Crippen molar-refractivity contribution in [1.29, 1.82) is 0 Å². The Morgan fingerprint density at radius 3 is 2.84 bits per heavy atom. The van der Waals surface area contributed by atoms with E-state index in [4.69, 9.17) is 10.5 Å². The van der Waals surface area contributed by atoms with Crippen molar-refractivity contribution in [2.75, 3.05) is 12.3 Å². The van der Waals surface area contributed by atoms with Gasteiger partial charge < -0.3 is 10.5 Å². The number of nitrogens with two attached hydrogens (primary N) is 1. The Bertz CT molecular complexity index is 523. The van der Waals surface area contributed by atoms with Gasteiger partial charge in [-0.3, -0.25) is 4.79 Å². The number of carbonyl (C=O) groups is 1. The fraction of sp³-hybridized carbons (Fsp3) is 0.267. The first-order valence-corrected chi connectivity index (χ1v) is 7.14. The van der Waals surface area contributed by atoms with E-state index in [-0.39, 0.29) is 5.97 Å². The number of benzene rings is 1. The molecule has 0 bridgehead atoms. The predicted molar refractivity (Wildman–Crippen MR) is 78.2 cm³/mol. The molecule has 1 heterocycles. The number of nitrogen functional groups attached to an aromatic ring is 1. The molecule has 0 saturated carbocycles. The number of anilines is 1. The molecule has 19 heavy (non-hydrogen) atoms. The Labute approximate surface area is 117 Å². The van der Waals surface area contributed by atoms with E-state index in [1.54, 1.807) is 11.3 Å². The fourth-order valence-electron chi connectivity index (χ4n) is 1.79. The lowest BCUT2D eigenvalue weighted by molar-refractivity contribution is -0.143. The van der Waals surface area contributed by atoms with Crippen LogP contribution in [0.5, 0.6) is 0 Å². The number of aryl methyl sites for hydroxylation is 1. The summed E-state index contributed by atoms with van der Waals surface area (Å²) in [5, 5.41) is 2.02. The molecule has 2 N–H and O–H groups in total. The first-order valence-electron chi connectivity index (χ1n) is 6.26. The Kier molecular flexibility index (Phi) is 4.98. The molecule has 0 saturated heterocycles. The lowest BCUT2D eigenvalue weighted by Crippen LogP contribution is -2.08. The molecule has 4 heteroatoms. The number of carbonyl (C=O) groups excluding carboxylic acids is 1. The first-order chi connectivity index (χ1) is 9.24. The Hall–Kier alpha value is -1.81. The van der Waals surface area contributed by atoms with Crippen LogP contribution in [0.4, 0.5) is 5.69 Å². The smallest absolute Gasteiger partial charge is 0.306 e. The summed E-state index contributed by atoms with van der Waals surface area (Å²) in [6.07, 6.45) is 1.86. The van der Waals surface area contributed by atoms with Gasteiger partial charge in [0.1, 0.15) is 0 Å². The van der Waals surface area contributed by atoms with Crippen LogP contribution in [0.3, 0.4) is 0 Å². The second-order valence-corrected chi connectivity index (χ2v) is 5.33. The van der Waals surface area contributed by atoms with Crippen LogP contribution in [0.1, 0.15) is 16.9 Å². The highest BCUT2D eigenvalue weighted by atomic mass is 32.1. The largest absolute Gasteiger partial charge is 0.465 e. The van der Waals surface area contributed by atoms with Crippen molar-refractivity contribution in [3.63, 3.8) is 0 Å².